The third-order valence-electron chi connectivity index (χ3n) is 2.89. The highest BCUT2D eigenvalue weighted by Crippen LogP contribution is 2.30. The van der Waals surface area contributed by atoms with Crippen LogP contribution >= 0.6 is 11.8 Å². The topological polar surface area (TPSA) is 80.7 Å². The molecular weight excluding hydrogens is 256 g/mol. The van der Waals surface area contributed by atoms with Gasteiger partial charge >= 0.3 is 0 Å². The number of H-pyrrole nitrogens is 1. The summed E-state index contributed by atoms with van der Waals surface area (Å²) in [5, 5.41) is 0.852. The Labute approximate surface area is 115 Å². The van der Waals surface area contributed by atoms with Gasteiger partial charge in [-0.15, -0.1) is 0 Å². The minimum absolute atomic E-state index is 0.594. The van der Waals surface area contributed by atoms with Crippen molar-refractivity contribution in [3.8, 4) is 0 Å². The number of rotatable bonds is 2. The maximum atomic E-state index is 5.80. The average Bonchev–Trinajstić information content (AvgIpc) is 2.75. The van der Waals surface area contributed by atoms with Crippen molar-refractivity contribution in [3.05, 3.63) is 42.0 Å². The molecule has 1 heterocycles. The number of hydrogen-bond donors (Lipinski definition) is 3. The Morgan fingerprint density at radius 2 is 1.89 bits per heavy atom. The molecule has 0 bridgehead atoms. The first kappa shape index (κ1) is 11.9. The second kappa shape index (κ2) is 4.51. The summed E-state index contributed by atoms with van der Waals surface area (Å²) in [6.07, 6.45) is 0. The van der Waals surface area contributed by atoms with Crippen molar-refractivity contribution in [3.63, 3.8) is 0 Å². The third-order valence-corrected chi connectivity index (χ3v) is 3.76. The van der Waals surface area contributed by atoms with Crippen LogP contribution < -0.4 is 11.5 Å². The maximum Gasteiger partial charge on any atom is 0.171 e. The van der Waals surface area contributed by atoms with Gasteiger partial charge in [0.15, 0.2) is 5.16 Å². The van der Waals surface area contributed by atoms with Gasteiger partial charge < -0.3 is 16.5 Å². The molecule has 0 aliphatic carbocycles. The second-order valence-electron chi connectivity index (χ2n) is 4.46. The van der Waals surface area contributed by atoms with E-state index in [4.69, 9.17) is 11.5 Å². The first-order valence-corrected chi connectivity index (χ1v) is 6.73. The molecule has 0 atom stereocenters. The molecule has 3 rings (SSSR count). The number of anilines is 2. The fourth-order valence-corrected chi connectivity index (χ4v) is 2.73. The Morgan fingerprint density at radius 1 is 1.05 bits per heavy atom. The van der Waals surface area contributed by atoms with Crippen molar-refractivity contribution >= 4 is 34.2 Å². The summed E-state index contributed by atoms with van der Waals surface area (Å²) in [6, 6.07) is 11.8. The smallest absolute Gasteiger partial charge is 0.171 e. The lowest BCUT2D eigenvalue weighted by Gasteiger charge is -2.02. The summed E-state index contributed by atoms with van der Waals surface area (Å²) in [6.45, 7) is 2.06. The highest BCUT2D eigenvalue weighted by Gasteiger charge is 2.06. The van der Waals surface area contributed by atoms with Gasteiger partial charge in [-0.25, -0.2) is 4.98 Å². The molecule has 2 aromatic carbocycles. The van der Waals surface area contributed by atoms with Gasteiger partial charge in [0.25, 0.3) is 0 Å². The number of hydrogen-bond acceptors (Lipinski definition) is 4. The van der Waals surface area contributed by atoms with E-state index in [9.17, 15) is 0 Å². The average molecular weight is 270 g/mol. The van der Waals surface area contributed by atoms with Crippen LogP contribution in [0.15, 0.2) is 46.5 Å². The third kappa shape index (κ3) is 2.37. The molecule has 4 nitrogen and oxygen atoms in total. The molecular formula is C14H14N4S. The summed E-state index contributed by atoms with van der Waals surface area (Å²) in [4.78, 5) is 8.85. The van der Waals surface area contributed by atoms with E-state index in [2.05, 4.69) is 29.0 Å². The summed E-state index contributed by atoms with van der Waals surface area (Å²) in [5.74, 6) is 0. The van der Waals surface area contributed by atoms with Crippen LogP contribution in [-0.2, 0) is 0 Å². The van der Waals surface area contributed by atoms with Gasteiger partial charge in [-0.2, -0.15) is 0 Å². The zero-order valence-corrected chi connectivity index (χ0v) is 11.3. The second-order valence-corrected chi connectivity index (χ2v) is 5.52. The van der Waals surface area contributed by atoms with Gasteiger partial charge in [-0.1, -0.05) is 17.8 Å². The van der Waals surface area contributed by atoms with Gasteiger partial charge in [0.05, 0.1) is 22.4 Å². The number of imidazole rings is 1. The summed E-state index contributed by atoms with van der Waals surface area (Å²) >= 11 is 1.54. The van der Waals surface area contributed by atoms with Crippen molar-refractivity contribution < 1.29 is 0 Å². The molecule has 19 heavy (non-hydrogen) atoms. The van der Waals surface area contributed by atoms with Crippen LogP contribution in [0.25, 0.3) is 11.0 Å². The number of aromatic nitrogens is 2. The molecule has 0 radical (unpaired) electrons. The van der Waals surface area contributed by atoms with E-state index >= 15 is 0 Å². The van der Waals surface area contributed by atoms with E-state index in [1.807, 2.05) is 24.3 Å². The van der Waals surface area contributed by atoms with E-state index in [1.165, 1.54) is 17.3 Å². The van der Waals surface area contributed by atoms with E-state index in [0.717, 1.165) is 21.1 Å². The number of benzene rings is 2. The molecule has 0 aliphatic heterocycles. The van der Waals surface area contributed by atoms with Gasteiger partial charge in [0.1, 0.15) is 0 Å². The molecule has 0 spiro atoms. The van der Waals surface area contributed by atoms with E-state index in [-0.39, 0.29) is 0 Å². The molecule has 96 valence electrons. The highest BCUT2D eigenvalue weighted by atomic mass is 32.2. The van der Waals surface area contributed by atoms with E-state index in [0.29, 0.717) is 11.4 Å². The van der Waals surface area contributed by atoms with Crippen LogP contribution in [0.1, 0.15) is 5.56 Å². The molecule has 0 aliphatic rings. The zero-order valence-electron chi connectivity index (χ0n) is 10.5. The monoisotopic (exact) mass is 270 g/mol. The minimum atomic E-state index is 0.594. The lowest BCUT2D eigenvalue weighted by Crippen LogP contribution is -1.93. The molecule has 0 amide bonds. The Kier molecular flexibility index (Phi) is 2.83. The lowest BCUT2D eigenvalue weighted by atomic mass is 10.2. The zero-order chi connectivity index (χ0) is 13.4. The molecule has 1 aromatic heterocycles. The molecule has 0 saturated heterocycles. The summed E-state index contributed by atoms with van der Waals surface area (Å²) in [5.41, 5.74) is 15.9. The number of aryl methyl sites for hydroxylation is 1. The predicted molar refractivity (Wildman–Crippen MR) is 80.2 cm³/mol. The van der Waals surface area contributed by atoms with Crippen LogP contribution in [0.2, 0.25) is 0 Å². The SMILES string of the molecule is Cc1ccc2nc(Sc3ccc(N)c(N)c3)[nH]c2c1. The fourth-order valence-electron chi connectivity index (χ4n) is 1.88. The largest absolute Gasteiger partial charge is 0.397 e. The first-order valence-electron chi connectivity index (χ1n) is 5.91. The Hall–Kier alpha value is -2.14. The van der Waals surface area contributed by atoms with Gasteiger partial charge in [-0.3, -0.25) is 0 Å². The minimum Gasteiger partial charge on any atom is -0.397 e. The van der Waals surface area contributed by atoms with Gasteiger partial charge in [0.2, 0.25) is 0 Å². The van der Waals surface area contributed by atoms with Crippen molar-refractivity contribution in [2.75, 3.05) is 11.5 Å². The number of nitrogens with zero attached hydrogens (tertiary/aromatic N) is 1. The number of nitrogen functional groups attached to an aromatic ring is 2. The maximum absolute atomic E-state index is 5.80. The molecule has 0 saturated carbocycles. The van der Waals surface area contributed by atoms with Crippen LogP contribution in [0, 0.1) is 6.92 Å². The normalized spacial score (nSPS) is 11.0. The molecule has 0 unspecified atom stereocenters. The van der Waals surface area contributed by atoms with Crippen LogP contribution in [0.4, 0.5) is 11.4 Å². The molecule has 3 aromatic rings. The van der Waals surface area contributed by atoms with Crippen LogP contribution in [0.3, 0.4) is 0 Å². The molecule has 5 heteroatoms. The van der Waals surface area contributed by atoms with Crippen molar-refractivity contribution in [2.24, 2.45) is 0 Å². The number of nitrogens with two attached hydrogens (primary N) is 2. The van der Waals surface area contributed by atoms with Gasteiger partial charge in [-0.05, 0) is 42.8 Å². The lowest BCUT2D eigenvalue weighted by molar-refractivity contribution is 1.08. The van der Waals surface area contributed by atoms with Gasteiger partial charge in [0, 0.05) is 4.90 Å². The van der Waals surface area contributed by atoms with Crippen LogP contribution in [-0.4, -0.2) is 9.97 Å². The Bertz CT molecular complexity index is 748. The van der Waals surface area contributed by atoms with E-state index < -0.39 is 0 Å². The number of nitrogens with one attached hydrogen (secondary N) is 1. The molecule has 0 fully saturated rings. The summed E-state index contributed by atoms with van der Waals surface area (Å²) in [7, 11) is 0. The van der Waals surface area contributed by atoms with Crippen molar-refractivity contribution in [1.82, 2.24) is 9.97 Å². The van der Waals surface area contributed by atoms with E-state index in [1.54, 1.807) is 0 Å². The fraction of sp³-hybridized carbons (Fsp3) is 0.0714. The standard InChI is InChI=1S/C14H14N4S/c1-8-2-5-12-13(6-8)18-14(17-12)19-9-3-4-10(15)11(16)7-9/h2-7H,15-16H2,1H3,(H,17,18). The summed E-state index contributed by atoms with van der Waals surface area (Å²) < 4.78 is 0. The number of fused-ring (bicyclic) bond motifs is 1. The molecule has 5 N–H and O–H groups in total. The number of aromatic amines is 1. The quantitative estimate of drug-likeness (QED) is 0.625. The Morgan fingerprint density at radius 3 is 2.68 bits per heavy atom. The first-order chi connectivity index (χ1) is 9.11. The van der Waals surface area contributed by atoms with Crippen molar-refractivity contribution in [2.45, 2.75) is 17.0 Å². The Balaban J connectivity index is 1.94. The highest BCUT2D eigenvalue weighted by molar-refractivity contribution is 7.99. The van der Waals surface area contributed by atoms with Crippen LogP contribution in [0.5, 0.6) is 0 Å². The van der Waals surface area contributed by atoms with Crippen molar-refractivity contribution in [1.29, 1.82) is 0 Å². The predicted octanol–water partition coefficient (Wildman–Crippen LogP) is 3.19.